The van der Waals surface area contributed by atoms with Gasteiger partial charge < -0.3 is 14.6 Å². The van der Waals surface area contributed by atoms with Gasteiger partial charge in [-0.1, -0.05) is 17.7 Å². The highest BCUT2D eigenvalue weighted by Crippen LogP contribution is 2.30. The molecule has 12 heteroatoms. The van der Waals surface area contributed by atoms with E-state index in [2.05, 4.69) is 10.4 Å². The number of benzene rings is 1. The number of carbonyl (C=O) groups excluding carboxylic acids is 1. The van der Waals surface area contributed by atoms with E-state index in [0.29, 0.717) is 12.3 Å². The summed E-state index contributed by atoms with van der Waals surface area (Å²) in [6, 6.07) is 7.33. The minimum Gasteiger partial charge on any atom is -0.496 e. The van der Waals surface area contributed by atoms with Gasteiger partial charge in [0.1, 0.15) is 27.3 Å². The number of hydrogen-bond acceptors (Lipinski definition) is 5. The number of nitrogens with one attached hydrogen (secondary N) is 1. The van der Waals surface area contributed by atoms with Crippen LogP contribution in [0.3, 0.4) is 0 Å². The van der Waals surface area contributed by atoms with Gasteiger partial charge in [0, 0.05) is 31.9 Å². The molecular formula is C20H21ClFN5O4S. The predicted octanol–water partition coefficient (Wildman–Crippen LogP) is 2.16. The number of nitrogens with zero attached hydrogens (tertiary/aromatic N) is 4. The van der Waals surface area contributed by atoms with E-state index in [1.54, 1.807) is 23.0 Å². The second-order valence-corrected chi connectivity index (χ2v) is 9.50. The molecule has 32 heavy (non-hydrogen) atoms. The number of carbonyl (C=O) groups is 1. The third kappa shape index (κ3) is 3.87. The van der Waals surface area contributed by atoms with Crippen LogP contribution in [0.15, 0.2) is 41.4 Å². The van der Waals surface area contributed by atoms with Crippen molar-refractivity contribution >= 4 is 27.5 Å². The highest BCUT2D eigenvalue weighted by atomic mass is 35.5. The normalized spacial score (nSPS) is 14.2. The van der Waals surface area contributed by atoms with Crippen LogP contribution >= 0.6 is 11.6 Å². The lowest BCUT2D eigenvalue weighted by Gasteiger charge is -2.26. The third-order valence-corrected chi connectivity index (χ3v) is 7.83. The summed E-state index contributed by atoms with van der Waals surface area (Å²) in [6.45, 7) is 0.665. The fraction of sp³-hybridized carbons (Fsp3) is 0.300. The van der Waals surface area contributed by atoms with Crippen molar-refractivity contribution in [1.82, 2.24) is 24.0 Å². The van der Waals surface area contributed by atoms with Crippen molar-refractivity contribution in [2.75, 3.05) is 13.7 Å². The van der Waals surface area contributed by atoms with Crippen LogP contribution in [-0.4, -0.2) is 46.6 Å². The van der Waals surface area contributed by atoms with Gasteiger partial charge in [0.05, 0.1) is 25.9 Å². The maximum atomic E-state index is 14.1. The van der Waals surface area contributed by atoms with Crippen molar-refractivity contribution in [3.8, 4) is 5.75 Å². The van der Waals surface area contributed by atoms with Gasteiger partial charge in [-0.25, -0.2) is 12.8 Å². The van der Waals surface area contributed by atoms with E-state index >= 15 is 0 Å². The number of hydrogen-bond donors (Lipinski definition) is 1. The highest BCUT2D eigenvalue weighted by Gasteiger charge is 2.33. The van der Waals surface area contributed by atoms with E-state index < -0.39 is 21.7 Å². The lowest BCUT2D eigenvalue weighted by molar-refractivity contribution is 0.0942. The van der Waals surface area contributed by atoms with Crippen molar-refractivity contribution in [3.63, 3.8) is 0 Å². The van der Waals surface area contributed by atoms with Crippen LogP contribution in [-0.2, 0) is 36.7 Å². The molecule has 3 heterocycles. The van der Waals surface area contributed by atoms with Gasteiger partial charge in [0.25, 0.3) is 5.91 Å². The number of fused-ring (bicyclic) bond motifs is 1. The van der Waals surface area contributed by atoms with Crippen LogP contribution in [0.25, 0.3) is 0 Å². The SMILES string of the molecule is COc1cccc(F)c1CNC(=O)c1cc(S(=O)(=O)N2CCn3nccc3C2)c(Cl)n1C. The predicted molar refractivity (Wildman–Crippen MR) is 114 cm³/mol. The third-order valence-electron chi connectivity index (χ3n) is 5.40. The van der Waals surface area contributed by atoms with Crippen LogP contribution in [0.1, 0.15) is 21.7 Å². The Balaban J connectivity index is 1.57. The van der Waals surface area contributed by atoms with Crippen molar-refractivity contribution in [3.05, 3.63) is 64.5 Å². The smallest absolute Gasteiger partial charge is 0.268 e. The zero-order valence-electron chi connectivity index (χ0n) is 17.4. The number of halogens is 2. The van der Waals surface area contributed by atoms with E-state index in [4.69, 9.17) is 16.3 Å². The molecule has 2 aromatic heterocycles. The standard InChI is InChI=1S/C20H21ClFN5O4S/c1-25-16(20(28)23-11-14-15(22)4-3-5-17(14)31-2)10-18(19(25)21)32(29,30)26-8-9-27-13(12-26)6-7-24-27/h3-7,10H,8-9,11-12H2,1-2H3,(H,23,28). The Morgan fingerprint density at radius 2 is 2.09 bits per heavy atom. The molecule has 170 valence electrons. The van der Waals surface area contributed by atoms with E-state index in [1.165, 1.54) is 41.2 Å². The largest absolute Gasteiger partial charge is 0.496 e. The van der Waals surface area contributed by atoms with E-state index in [1.807, 2.05) is 0 Å². The molecule has 4 rings (SSSR count). The molecule has 1 amide bonds. The average molecular weight is 482 g/mol. The highest BCUT2D eigenvalue weighted by molar-refractivity contribution is 7.89. The zero-order valence-corrected chi connectivity index (χ0v) is 19.0. The van der Waals surface area contributed by atoms with Gasteiger partial charge in [-0.3, -0.25) is 9.48 Å². The second-order valence-electron chi connectivity index (χ2n) is 7.23. The zero-order chi connectivity index (χ0) is 23.0. The van der Waals surface area contributed by atoms with Gasteiger partial charge in [-0.15, -0.1) is 0 Å². The molecule has 0 bridgehead atoms. The van der Waals surface area contributed by atoms with Crippen LogP contribution in [0.4, 0.5) is 4.39 Å². The molecule has 0 fully saturated rings. The van der Waals surface area contributed by atoms with Gasteiger partial charge >= 0.3 is 0 Å². The van der Waals surface area contributed by atoms with Gasteiger partial charge in [0.2, 0.25) is 10.0 Å². The summed E-state index contributed by atoms with van der Waals surface area (Å²) in [7, 11) is -1.06. The molecule has 1 N–H and O–H groups in total. The van der Waals surface area contributed by atoms with Crippen LogP contribution in [0.2, 0.25) is 5.15 Å². The van der Waals surface area contributed by atoms with E-state index in [9.17, 15) is 17.6 Å². The maximum Gasteiger partial charge on any atom is 0.268 e. The fourth-order valence-electron chi connectivity index (χ4n) is 3.62. The summed E-state index contributed by atoms with van der Waals surface area (Å²) in [5.41, 5.74) is 0.982. The average Bonchev–Trinajstić information content (AvgIpc) is 3.37. The molecule has 1 aromatic carbocycles. The second kappa shape index (κ2) is 8.57. The molecule has 0 radical (unpaired) electrons. The number of sulfonamides is 1. The Morgan fingerprint density at radius 3 is 2.84 bits per heavy atom. The molecule has 0 unspecified atom stereocenters. The first-order chi connectivity index (χ1) is 15.2. The number of rotatable bonds is 6. The van der Waals surface area contributed by atoms with Crippen molar-refractivity contribution < 1.29 is 22.3 Å². The summed E-state index contributed by atoms with van der Waals surface area (Å²) < 4.78 is 50.1. The molecule has 0 atom stereocenters. The van der Waals surface area contributed by atoms with Crippen molar-refractivity contribution in [2.24, 2.45) is 7.05 Å². The summed E-state index contributed by atoms with van der Waals surface area (Å²) in [5, 5.41) is 6.65. The lowest BCUT2D eigenvalue weighted by Crippen LogP contribution is -2.38. The first kappa shape index (κ1) is 22.3. The molecule has 0 saturated heterocycles. The first-order valence-corrected chi connectivity index (χ1v) is 11.5. The van der Waals surface area contributed by atoms with Crippen LogP contribution in [0.5, 0.6) is 5.75 Å². The van der Waals surface area contributed by atoms with Crippen LogP contribution < -0.4 is 10.1 Å². The Kier molecular flexibility index (Phi) is 5.97. The minimum atomic E-state index is -3.95. The summed E-state index contributed by atoms with van der Waals surface area (Å²) in [5.74, 6) is -0.831. The van der Waals surface area contributed by atoms with E-state index in [0.717, 1.165) is 5.69 Å². The Labute approximate surface area is 189 Å². The topological polar surface area (TPSA) is 98.5 Å². The molecule has 1 aliphatic rings. The van der Waals surface area contributed by atoms with Gasteiger partial charge in [0.15, 0.2) is 0 Å². The van der Waals surface area contributed by atoms with Gasteiger partial charge in [-0.2, -0.15) is 9.40 Å². The molecule has 0 spiro atoms. The number of amides is 1. The van der Waals surface area contributed by atoms with Crippen molar-refractivity contribution in [1.29, 1.82) is 0 Å². The quantitative estimate of drug-likeness (QED) is 0.581. The lowest BCUT2D eigenvalue weighted by atomic mass is 10.2. The van der Waals surface area contributed by atoms with Gasteiger partial charge in [-0.05, 0) is 24.3 Å². The molecule has 1 aliphatic heterocycles. The number of methoxy groups -OCH3 is 1. The first-order valence-electron chi connectivity index (χ1n) is 9.69. The Morgan fingerprint density at radius 1 is 1.31 bits per heavy atom. The summed E-state index contributed by atoms with van der Waals surface area (Å²) in [4.78, 5) is 12.6. The summed E-state index contributed by atoms with van der Waals surface area (Å²) in [6.07, 6.45) is 1.62. The Hall–Kier alpha value is -2.89. The number of aromatic nitrogens is 3. The molecule has 9 nitrogen and oxygen atoms in total. The molecule has 0 saturated carbocycles. The maximum absolute atomic E-state index is 14.1. The van der Waals surface area contributed by atoms with E-state index in [-0.39, 0.29) is 40.9 Å². The van der Waals surface area contributed by atoms with Crippen LogP contribution in [0, 0.1) is 5.82 Å². The molecule has 0 aliphatic carbocycles. The minimum absolute atomic E-state index is 0.0333. The fourth-order valence-corrected chi connectivity index (χ4v) is 5.57. The Bertz CT molecular complexity index is 1290. The monoisotopic (exact) mass is 481 g/mol. The number of ether oxygens (including phenoxy) is 1. The molecular weight excluding hydrogens is 461 g/mol. The molecule has 3 aromatic rings. The van der Waals surface area contributed by atoms with Crippen molar-refractivity contribution in [2.45, 2.75) is 24.5 Å². The summed E-state index contributed by atoms with van der Waals surface area (Å²) >= 11 is 6.31.